The Morgan fingerprint density at radius 2 is 2.04 bits per heavy atom. The Bertz CT molecular complexity index is 410. The van der Waals surface area contributed by atoms with Gasteiger partial charge in [-0.15, -0.1) is 0 Å². The van der Waals surface area contributed by atoms with Crippen molar-refractivity contribution in [2.45, 2.75) is 71.6 Å². The summed E-state index contributed by atoms with van der Waals surface area (Å²) < 4.78 is 5.53. The quantitative estimate of drug-likeness (QED) is 0.279. The Labute approximate surface area is 148 Å². The topological polar surface area (TPSA) is 62.9 Å². The van der Waals surface area contributed by atoms with Crippen LogP contribution >= 0.6 is 0 Å². The van der Waals surface area contributed by atoms with Crippen LogP contribution in [0.4, 0.5) is 0 Å². The third-order valence-electron chi connectivity index (χ3n) is 4.29. The lowest BCUT2D eigenvalue weighted by Gasteiger charge is -2.35. The van der Waals surface area contributed by atoms with Gasteiger partial charge in [0.05, 0.1) is 24.7 Å². The van der Waals surface area contributed by atoms with Crippen LogP contribution in [-0.4, -0.2) is 49.1 Å². The van der Waals surface area contributed by atoms with Gasteiger partial charge in [-0.3, -0.25) is 9.89 Å². The highest BCUT2D eigenvalue weighted by Gasteiger charge is 2.22. The minimum atomic E-state index is 0.214. The molecule has 5 nitrogen and oxygen atoms in total. The first-order valence-corrected chi connectivity index (χ1v) is 9.27. The highest BCUT2D eigenvalue weighted by molar-refractivity contribution is 5.55. The van der Waals surface area contributed by atoms with Crippen LogP contribution in [0, 0.1) is 0 Å². The molecule has 0 bridgehead atoms. The molecule has 1 aliphatic rings. The summed E-state index contributed by atoms with van der Waals surface area (Å²) >= 11 is 0. The first kappa shape index (κ1) is 20.7. The number of rotatable bonds is 10. The number of allylic oxidation sites excluding steroid dienone is 3. The Hall–Kier alpha value is -1.33. The van der Waals surface area contributed by atoms with Gasteiger partial charge in [0.15, 0.2) is 0 Å². The standard InChI is InChI=1S/C19H36N4O/c1-5-23(19-10-8-18(20)9-11-19)14-13-22-15-21-12-6-7-17(4)24-16(2)3/h6-7,12,15-16,18-19H,5,8-11,13-14,20H2,1-4H3,(H,21,22)/b12-6-,17-7+. The van der Waals surface area contributed by atoms with Gasteiger partial charge in [0.2, 0.25) is 0 Å². The molecule has 0 saturated heterocycles. The molecule has 0 aromatic carbocycles. The third-order valence-corrected chi connectivity index (χ3v) is 4.29. The van der Waals surface area contributed by atoms with Crippen LogP contribution in [0.5, 0.6) is 0 Å². The van der Waals surface area contributed by atoms with E-state index in [4.69, 9.17) is 10.5 Å². The fourth-order valence-corrected chi connectivity index (χ4v) is 3.06. The summed E-state index contributed by atoms with van der Waals surface area (Å²) in [5.74, 6) is 0.908. The fraction of sp³-hybridized carbons (Fsp3) is 0.737. The van der Waals surface area contributed by atoms with Crippen LogP contribution in [0.2, 0.25) is 0 Å². The van der Waals surface area contributed by atoms with Crippen molar-refractivity contribution < 1.29 is 4.74 Å². The number of aliphatic imine (C=N–C) groups is 1. The molecule has 1 saturated carbocycles. The fourth-order valence-electron chi connectivity index (χ4n) is 3.06. The monoisotopic (exact) mass is 336 g/mol. The molecular formula is C19H36N4O. The van der Waals surface area contributed by atoms with Gasteiger partial charge in [0.1, 0.15) is 0 Å². The van der Waals surface area contributed by atoms with E-state index in [2.05, 4.69) is 22.1 Å². The maximum atomic E-state index is 5.99. The van der Waals surface area contributed by atoms with Gasteiger partial charge in [-0.1, -0.05) is 6.92 Å². The molecule has 5 heteroatoms. The Balaban J connectivity index is 2.19. The first-order chi connectivity index (χ1) is 11.5. The van der Waals surface area contributed by atoms with Crippen molar-refractivity contribution in [3.8, 4) is 0 Å². The van der Waals surface area contributed by atoms with Crippen LogP contribution in [0.1, 0.15) is 53.4 Å². The highest BCUT2D eigenvalue weighted by Crippen LogP contribution is 2.21. The van der Waals surface area contributed by atoms with Crippen molar-refractivity contribution in [2.75, 3.05) is 19.6 Å². The minimum absolute atomic E-state index is 0.214. The largest absolute Gasteiger partial charge is 0.496 e. The summed E-state index contributed by atoms with van der Waals surface area (Å²) in [7, 11) is 0. The number of nitrogens with two attached hydrogens (primary N) is 1. The van der Waals surface area contributed by atoms with Crippen LogP contribution in [-0.2, 0) is 4.74 Å². The number of likely N-dealkylation sites (N-methyl/N-ethyl adjacent to an activating group) is 1. The number of nitrogens with zero attached hydrogens (tertiary/aromatic N) is 2. The second-order valence-corrected chi connectivity index (χ2v) is 6.70. The molecule has 3 N–H and O–H groups in total. The lowest BCUT2D eigenvalue weighted by molar-refractivity contribution is 0.149. The van der Waals surface area contributed by atoms with Crippen molar-refractivity contribution in [1.82, 2.24) is 10.2 Å². The second-order valence-electron chi connectivity index (χ2n) is 6.70. The molecule has 0 unspecified atom stereocenters. The molecule has 0 aliphatic heterocycles. The van der Waals surface area contributed by atoms with Gasteiger partial charge in [0, 0.05) is 24.8 Å². The van der Waals surface area contributed by atoms with E-state index in [1.54, 1.807) is 6.34 Å². The SMILES string of the molecule is CCN(CCN=CN/C=C\C=C(/C)OC(C)C)C1CCC(N)CC1. The summed E-state index contributed by atoms with van der Waals surface area (Å²) in [5.41, 5.74) is 5.99. The Kier molecular flexibility index (Phi) is 10.4. The Morgan fingerprint density at radius 3 is 2.67 bits per heavy atom. The summed E-state index contributed by atoms with van der Waals surface area (Å²) in [6.45, 7) is 11.1. The maximum absolute atomic E-state index is 5.99. The molecule has 24 heavy (non-hydrogen) atoms. The van der Waals surface area contributed by atoms with Crippen LogP contribution in [0.15, 0.2) is 29.1 Å². The molecule has 1 aliphatic carbocycles. The van der Waals surface area contributed by atoms with E-state index in [1.807, 2.05) is 39.1 Å². The van der Waals surface area contributed by atoms with E-state index >= 15 is 0 Å². The first-order valence-electron chi connectivity index (χ1n) is 9.27. The Morgan fingerprint density at radius 1 is 1.33 bits per heavy atom. The van der Waals surface area contributed by atoms with Gasteiger partial charge in [-0.2, -0.15) is 0 Å². The molecule has 1 rings (SSSR count). The predicted octanol–water partition coefficient (Wildman–Crippen LogP) is 3.04. The zero-order valence-corrected chi connectivity index (χ0v) is 15.9. The normalized spacial score (nSPS) is 22.9. The van der Waals surface area contributed by atoms with Crippen molar-refractivity contribution in [3.63, 3.8) is 0 Å². The second kappa shape index (κ2) is 12.1. The molecule has 138 valence electrons. The molecule has 0 aromatic rings. The number of nitrogens with one attached hydrogen (secondary N) is 1. The zero-order chi connectivity index (χ0) is 17.8. The lowest BCUT2D eigenvalue weighted by Crippen LogP contribution is -2.41. The van der Waals surface area contributed by atoms with Gasteiger partial charge in [-0.05, 0) is 65.2 Å². The average molecular weight is 337 g/mol. The predicted molar refractivity (Wildman–Crippen MR) is 103 cm³/mol. The summed E-state index contributed by atoms with van der Waals surface area (Å²) in [5, 5.41) is 3.06. The van der Waals surface area contributed by atoms with Crippen molar-refractivity contribution in [3.05, 3.63) is 24.1 Å². The van der Waals surface area contributed by atoms with Crippen molar-refractivity contribution in [1.29, 1.82) is 0 Å². The van der Waals surface area contributed by atoms with E-state index in [-0.39, 0.29) is 6.10 Å². The van der Waals surface area contributed by atoms with E-state index in [0.717, 1.165) is 38.2 Å². The third kappa shape index (κ3) is 9.08. The average Bonchev–Trinajstić information content (AvgIpc) is 2.54. The van der Waals surface area contributed by atoms with Gasteiger partial charge < -0.3 is 15.8 Å². The molecule has 0 amide bonds. The minimum Gasteiger partial charge on any atom is -0.496 e. The molecule has 0 spiro atoms. The van der Waals surface area contributed by atoms with Crippen LogP contribution in [0.3, 0.4) is 0 Å². The highest BCUT2D eigenvalue weighted by atomic mass is 16.5. The molecule has 0 aromatic heterocycles. The summed E-state index contributed by atoms with van der Waals surface area (Å²) in [6, 6.07) is 1.10. The van der Waals surface area contributed by atoms with E-state index < -0.39 is 0 Å². The number of ether oxygens (including phenoxy) is 1. The maximum Gasteiger partial charge on any atom is 0.0933 e. The van der Waals surface area contributed by atoms with Crippen molar-refractivity contribution in [2.24, 2.45) is 10.7 Å². The summed E-state index contributed by atoms with van der Waals surface area (Å²) in [4.78, 5) is 6.96. The van der Waals surface area contributed by atoms with E-state index in [1.165, 1.54) is 12.8 Å². The van der Waals surface area contributed by atoms with Gasteiger partial charge in [0.25, 0.3) is 0 Å². The van der Waals surface area contributed by atoms with Gasteiger partial charge in [-0.25, -0.2) is 0 Å². The smallest absolute Gasteiger partial charge is 0.0933 e. The summed E-state index contributed by atoms with van der Waals surface area (Å²) in [6.07, 6.45) is 12.5. The lowest BCUT2D eigenvalue weighted by atomic mass is 9.91. The molecular weight excluding hydrogens is 300 g/mol. The zero-order valence-electron chi connectivity index (χ0n) is 15.9. The van der Waals surface area contributed by atoms with E-state index in [0.29, 0.717) is 12.1 Å². The molecule has 0 heterocycles. The van der Waals surface area contributed by atoms with Gasteiger partial charge >= 0.3 is 0 Å². The van der Waals surface area contributed by atoms with Crippen LogP contribution in [0.25, 0.3) is 0 Å². The van der Waals surface area contributed by atoms with Crippen molar-refractivity contribution >= 4 is 6.34 Å². The number of hydrogen-bond donors (Lipinski definition) is 2. The van der Waals surface area contributed by atoms with E-state index in [9.17, 15) is 0 Å². The molecule has 0 atom stereocenters. The molecule has 0 radical (unpaired) electrons. The number of hydrogen-bond acceptors (Lipinski definition) is 4. The van der Waals surface area contributed by atoms with Crippen LogP contribution < -0.4 is 11.1 Å². The molecule has 1 fully saturated rings.